The van der Waals surface area contributed by atoms with E-state index >= 15 is 0 Å². The van der Waals surface area contributed by atoms with Crippen molar-refractivity contribution in [1.82, 2.24) is 15.0 Å². The highest BCUT2D eigenvalue weighted by atomic mass is 32.1. The van der Waals surface area contributed by atoms with Crippen LogP contribution in [0.4, 0.5) is 17.3 Å². The zero-order valence-electron chi connectivity index (χ0n) is 16.5. The van der Waals surface area contributed by atoms with Crippen molar-refractivity contribution in [3.05, 3.63) is 59.7 Å². The molecule has 0 unspecified atom stereocenters. The molecule has 1 aliphatic rings. The standard InChI is InChI=1S/C22H21N5OS2/c1-15-20(30-21(24-15)19-3-2-14-29-19)18-8-9-23-22(26-18)25-16-4-6-17(7-5-16)27-10-12-28-13-11-27/h2-9,14H,10-13H2,1H3,(H,23,25,26). The lowest BCUT2D eigenvalue weighted by molar-refractivity contribution is 0.122. The SMILES string of the molecule is Cc1nc(-c2cccs2)sc1-c1ccnc(Nc2ccc(N3CCOCC3)cc2)n1. The largest absolute Gasteiger partial charge is 0.378 e. The Balaban J connectivity index is 1.34. The van der Waals surface area contributed by atoms with Crippen LogP contribution in [-0.2, 0) is 4.74 Å². The molecule has 1 fully saturated rings. The van der Waals surface area contributed by atoms with E-state index in [9.17, 15) is 0 Å². The normalized spacial score (nSPS) is 14.1. The van der Waals surface area contributed by atoms with E-state index in [0.29, 0.717) is 5.95 Å². The highest BCUT2D eigenvalue weighted by Gasteiger charge is 2.14. The van der Waals surface area contributed by atoms with Crippen molar-refractivity contribution >= 4 is 40.0 Å². The van der Waals surface area contributed by atoms with Crippen LogP contribution in [0, 0.1) is 6.92 Å². The molecule has 1 N–H and O–H groups in total. The Kier molecular flexibility index (Phi) is 5.44. The van der Waals surface area contributed by atoms with E-state index in [1.165, 1.54) is 10.6 Å². The first-order valence-corrected chi connectivity index (χ1v) is 11.5. The summed E-state index contributed by atoms with van der Waals surface area (Å²) >= 11 is 3.37. The molecule has 3 aromatic heterocycles. The van der Waals surface area contributed by atoms with Crippen molar-refractivity contribution < 1.29 is 4.74 Å². The maximum Gasteiger partial charge on any atom is 0.227 e. The topological polar surface area (TPSA) is 63.2 Å². The van der Waals surface area contributed by atoms with Crippen LogP contribution in [0.15, 0.2) is 54.0 Å². The Labute approximate surface area is 183 Å². The maximum atomic E-state index is 5.43. The number of benzene rings is 1. The third-order valence-electron chi connectivity index (χ3n) is 4.92. The zero-order chi connectivity index (χ0) is 20.3. The average Bonchev–Trinajstić information content (AvgIpc) is 3.45. The summed E-state index contributed by atoms with van der Waals surface area (Å²) < 4.78 is 5.43. The molecule has 30 heavy (non-hydrogen) atoms. The second kappa shape index (κ2) is 8.51. The average molecular weight is 436 g/mol. The fourth-order valence-corrected chi connectivity index (χ4v) is 5.22. The van der Waals surface area contributed by atoms with E-state index < -0.39 is 0 Å². The third-order valence-corrected chi connectivity index (χ3v) is 7.14. The predicted octanol–water partition coefficient (Wildman–Crippen LogP) is 5.22. The molecular formula is C22H21N5OS2. The minimum absolute atomic E-state index is 0.581. The van der Waals surface area contributed by atoms with Crippen molar-refractivity contribution in [1.29, 1.82) is 0 Å². The Bertz CT molecular complexity index is 1120. The lowest BCUT2D eigenvalue weighted by Gasteiger charge is -2.28. The van der Waals surface area contributed by atoms with Crippen LogP contribution in [0.3, 0.4) is 0 Å². The summed E-state index contributed by atoms with van der Waals surface area (Å²) in [7, 11) is 0. The summed E-state index contributed by atoms with van der Waals surface area (Å²) in [5, 5.41) is 6.42. The molecule has 6 nitrogen and oxygen atoms in total. The lowest BCUT2D eigenvalue weighted by atomic mass is 10.2. The Morgan fingerprint density at radius 3 is 2.63 bits per heavy atom. The van der Waals surface area contributed by atoms with Gasteiger partial charge in [0.25, 0.3) is 0 Å². The molecule has 0 amide bonds. The van der Waals surface area contributed by atoms with Crippen molar-refractivity contribution in [2.45, 2.75) is 6.92 Å². The quantitative estimate of drug-likeness (QED) is 0.464. The molecular weight excluding hydrogens is 414 g/mol. The molecule has 1 saturated heterocycles. The van der Waals surface area contributed by atoms with E-state index in [1.807, 2.05) is 19.1 Å². The number of hydrogen-bond acceptors (Lipinski definition) is 8. The molecule has 0 saturated carbocycles. The molecule has 0 radical (unpaired) electrons. The van der Waals surface area contributed by atoms with Crippen molar-refractivity contribution in [2.24, 2.45) is 0 Å². The summed E-state index contributed by atoms with van der Waals surface area (Å²) in [4.78, 5) is 18.5. The Morgan fingerprint density at radius 1 is 1.03 bits per heavy atom. The number of aromatic nitrogens is 3. The van der Waals surface area contributed by atoms with Gasteiger partial charge in [-0.05, 0) is 48.7 Å². The van der Waals surface area contributed by atoms with Crippen molar-refractivity contribution in [3.8, 4) is 20.5 Å². The number of anilines is 3. The fraction of sp³-hybridized carbons (Fsp3) is 0.227. The Hall–Kier alpha value is -2.81. The van der Waals surface area contributed by atoms with E-state index in [4.69, 9.17) is 14.7 Å². The van der Waals surface area contributed by atoms with Crippen LogP contribution in [0.2, 0.25) is 0 Å². The highest BCUT2D eigenvalue weighted by molar-refractivity contribution is 7.23. The Morgan fingerprint density at radius 2 is 1.87 bits per heavy atom. The van der Waals surface area contributed by atoms with Crippen molar-refractivity contribution in [2.75, 3.05) is 36.5 Å². The lowest BCUT2D eigenvalue weighted by Crippen LogP contribution is -2.36. The molecule has 0 bridgehead atoms. The minimum Gasteiger partial charge on any atom is -0.378 e. The summed E-state index contributed by atoms with van der Waals surface area (Å²) in [6.45, 7) is 5.46. The molecule has 1 aliphatic heterocycles. The third kappa shape index (κ3) is 4.07. The van der Waals surface area contributed by atoms with Gasteiger partial charge in [0.15, 0.2) is 0 Å². The van der Waals surface area contributed by atoms with Gasteiger partial charge in [0.1, 0.15) is 5.01 Å². The van der Waals surface area contributed by atoms with E-state index in [-0.39, 0.29) is 0 Å². The van der Waals surface area contributed by atoms with Gasteiger partial charge < -0.3 is 15.0 Å². The van der Waals surface area contributed by atoms with Gasteiger partial charge in [-0.25, -0.2) is 15.0 Å². The van der Waals surface area contributed by atoms with Crippen LogP contribution >= 0.6 is 22.7 Å². The van der Waals surface area contributed by atoms with E-state index in [0.717, 1.165) is 53.3 Å². The van der Waals surface area contributed by atoms with Crippen molar-refractivity contribution in [3.63, 3.8) is 0 Å². The molecule has 5 rings (SSSR count). The first-order valence-electron chi connectivity index (χ1n) is 9.81. The number of aryl methyl sites for hydroxylation is 1. The molecule has 4 aromatic rings. The second-order valence-corrected chi connectivity index (χ2v) is 8.89. The minimum atomic E-state index is 0.581. The molecule has 152 valence electrons. The number of nitrogens with one attached hydrogen (secondary N) is 1. The number of thiazole rings is 1. The molecule has 1 aromatic carbocycles. The first kappa shape index (κ1) is 19.2. The molecule has 4 heterocycles. The maximum absolute atomic E-state index is 5.43. The summed E-state index contributed by atoms with van der Waals surface area (Å²) in [6, 6.07) is 14.5. The molecule has 0 spiro atoms. The van der Waals surface area contributed by atoms with Gasteiger partial charge >= 0.3 is 0 Å². The van der Waals surface area contributed by atoms with Gasteiger partial charge in [-0.1, -0.05) is 6.07 Å². The predicted molar refractivity (Wildman–Crippen MR) is 124 cm³/mol. The smallest absolute Gasteiger partial charge is 0.227 e. The van der Waals surface area contributed by atoms with E-state index in [1.54, 1.807) is 28.9 Å². The van der Waals surface area contributed by atoms with Gasteiger partial charge in [0.05, 0.1) is 34.4 Å². The summed E-state index contributed by atoms with van der Waals surface area (Å²) in [6.07, 6.45) is 1.79. The number of thiophene rings is 1. The molecule has 8 heteroatoms. The van der Waals surface area contributed by atoms with Gasteiger partial charge in [-0.15, -0.1) is 22.7 Å². The number of nitrogens with zero attached hydrogens (tertiary/aromatic N) is 4. The van der Waals surface area contributed by atoms with Crippen LogP contribution in [0.5, 0.6) is 0 Å². The highest BCUT2D eigenvalue weighted by Crippen LogP contribution is 2.36. The monoisotopic (exact) mass is 435 g/mol. The zero-order valence-corrected chi connectivity index (χ0v) is 18.2. The van der Waals surface area contributed by atoms with Crippen LogP contribution < -0.4 is 10.2 Å². The summed E-state index contributed by atoms with van der Waals surface area (Å²) in [5.74, 6) is 0.581. The fourth-order valence-electron chi connectivity index (χ4n) is 3.39. The van der Waals surface area contributed by atoms with Gasteiger partial charge in [-0.3, -0.25) is 0 Å². The summed E-state index contributed by atoms with van der Waals surface area (Å²) in [5.41, 5.74) is 4.04. The van der Waals surface area contributed by atoms with Crippen LogP contribution in [-0.4, -0.2) is 41.3 Å². The van der Waals surface area contributed by atoms with Gasteiger partial charge in [0.2, 0.25) is 5.95 Å². The second-order valence-electron chi connectivity index (χ2n) is 6.95. The van der Waals surface area contributed by atoms with Crippen LogP contribution in [0.25, 0.3) is 20.5 Å². The number of ether oxygens (including phenoxy) is 1. The number of morpholine rings is 1. The molecule has 0 atom stereocenters. The molecule has 0 aliphatic carbocycles. The number of rotatable bonds is 5. The van der Waals surface area contributed by atoms with E-state index in [2.05, 4.69) is 50.9 Å². The van der Waals surface area contributed by atoms with Gasteiger partial charge in [-0.2, -0.15) is 0 Å². The number of hydrogen-bond donors (Lipinski definition) is 1. The van der Waals surface area contributed by atoms with Crippen LogP contribution in [0.1, 0.15) is 5.69 Å². The van der Waals surface area contributed by atoms with Gasteiger partial charge in [0, 0.05) is 30.7 Å². The first-order chi connectivity index (χ1) is 14.8.